The van der Waals surface area contributed by atoms with Gasteiger partial charge in [-0.15, -0.1) is 0 Å². The number of rotatable bonds is 2. The second-order valence-electron chi connectivity index (χ2n) is 5.07. The molecule has 4 atom stereocenters. The maximum Gasteiger partial charge on any atom is 0.0658 e. The van der Waals surface area contributed by atoms with Crippen LogP contribution in [0, 0.1) is 5.92 Å². The fourth-order valence-corrected chi connectivity index (χ4v) is 4.67. The van der Waals surface area contributed by atoms with Gasteiger partial charge in [-0.2, -0.15) is 11.8 Å². The normalized spacial score (nSPS) is 44.1. The predicted molar refractivity (Wildman–Crippen MR) is 62.7 cm³/mol. The average molecular weight is 214 g/mol. The Labute approximate surface area is 91.7 Å². The Bertz CT molecular complexity index is 183. The van der Waals surface area contributed by atoms with Crippen LogP contribution >= 0.6 is 11.8 Å². The highest BCUT2D eigenvalue weighted by molar-refractivity contribution is 8.00. The zero-order valence-corrected chi connectivity index (χ0v) is 9.93. The molecule has 0 amide bonds. The van der Waals surface area contributed by atoms with Crippen molar-refractivity contribution in [1.29, 1.82) is 0 Å². The number of hydrogen-bond acceptors (Lipinski definition) is 2. The third-order valence-corrected chi connectivity index (χ3v) is 5.39. The molecule has 2 unspecified atom stereocenters. The molecule has 14 heavy (non-hydrogen) atoms. The molecule has 0 heterocycles. The standard InChI is InChI=1S/C12H22OS/c1-9-4-2-5-10(8-9)14-12-7-3-6-11(12)13/h9-13H,2-8H2,1H3/t9?,10?,11-,12-/m0/s1. The van der Waals surface area contributed by atoms with Gasteiger partial charge in [-0.05, 0) is 38.0 Å². The van der Waals surface area contributed by atoms with Crippen molar-refractivity contribution in [3.63, 3.8) is 0 Å². The van der Waals surface area contributed by atoms with Crippen LogP contribution in [0.5, 0.6) is 0 Å². The van der Waals surface area contributed by atoms with E-state index in [0.29, 0.717) is 5.25 Å². The molecule has 0 saturated heterocycles. The van der Waals surface area contributed by atoms with E-state index in [9.17, 15) is 5.11 Å². The van der Waals surface area contributed by atoms with Gasteiger partial charge in [0, 0.05) is 10.5 Å². The number of aliphatic hydroxyl groups is 1. The van der Waals surface area contributed by atoms with Crippen LogP contribution < -0.4 is 0 Å². The lowest BCUT2D eigenvalue weighted by Gasteiger charge is -2.29. The van der Waals surface area contributed by atoms with E-state index < -0.39 is 0 Å². The minimum absolute atomic E-state index is 0.00256. The minimum atomic E-state index is -0.00256. The van der Waals surface area contributed by atoms with Gasteiger partial charge in [0.05, 0.1) is 6.10 Å². The monoisotopic (exact) mass is 214 g/mol. The minimum Gasteiger partial charge on any atom is -0.392 e. The largest absolute Gasteiger partial charge is 0.392 e. The predicted octanol–water partition coefficient (Wildman–Crippen LogP) is 3.21. The van der Waals surface area contributed by atoms with Gasteiger partial charge in [-0.25, -0.2) is 0 Å². The first-order valence-electron chi connectivity index (χ1n) is 6.09. The Morgan fingerprint density at radius 3 is 2.50 bits per heavy atom. The second-order valence-corrected chi connectivity index (χ2v) is 6.61. The van der Waals surface area contributed by atoms with Gasteiger partial charge in [0.25, 0.3) is 0 Å². The average Bonchev–Trinajstić information content (AvgIpc) is 2.52. The number of aliphatic hydroxyl groups excluding tert-OH is 1. The Morgan fingerprint density at radius 2 is 1.86 bits per heavy atom. The SMILES string of the molecule is CC1CCCC(S[C@H]2CCC[C@@H]2O)C1. The summed E-state index contributed by atoms with van der Waals surface area (Å²) >= 11 is 2.09. The molecule has 0 radical (unpaired) electrons. The van der Waals surface area contributed by atoms with Crippen LogP contribution in [-0.4, -0.2) is 21.7 Å². The zero-order chi connectivity index (χ0) is 9.97. The van der Waals surface area contributed by atoms with Gasteiger partial charge in [0.1, 0.15) is 0 Å². The van der Waals surface area contributed by atoms with Gasteiger partial charge >= 0.3 is 0 Å². The summed E-state index contributed by atoms with van der Waals surface area (Å²) in [5.74, 6) is 0.916. The van der Waals surface area contributed by atoms with Gasteiger partial charge in [-0.1, -0.05) is 19.8 Å². The highest BCUT2D eigenvalue weighted by Crippen LogP contribution is 2.39. The Hall–Kier alpha value is 0.310. The molecule has 82 valence electrons. The van der Waals surface area contributed by atoms with E-state index >= 15 is 0 Å². The summed E-state index contributed by atoms with van der Waals surface area (Å²) in [6, 6.07) is 0. The van der Waals surface area contributed by atoms with Crippen molar-refractivity contribution in [2.45, 2.75) is 68.5 Å². The van der Waals surface area contributed by atoms with Gasteiger partial charge in [0.15, 0.2) is 0 Å². The Balaban J connectivity index is 1.78. The molecule has 0 aliphatic heterocycles. The fourth-order valence-electron chi connectivity index (χ4n) is 2.81. The molecule has 2 heteroatoms. The van der Waals surface area contributed by atoms with Crippen LogP contribution in [0.15, 0.2) is 0 Å². The highest BCUT2D eigenvalue weighted by Gasteiger charge is 2.30. The topological polar surface area (TPSA) is 20.2 Å². The van der Waals surface area contributed by atoms with Crippen LogP contribution in [-0.2, 0) is 0 Å². The molecule has 2 saturated carbocycles. The summed E-state index contributed by atoms with van der Waals surface area (Å²) in [5.41, 5.74) is 0. The summed E-state index contributed by atoms with van der Waals surface area (Å²) in [5, 5.41) is 11.2. The van der Waals surface area contributed by atoms with Crippen LogP contribution in [0.2, 0.25) is 0 Å². The number of thioether (sulfide) groups is 1. The molecule has 0 spiro atoms. The van der Waals surface area contributed by atoms with Crippen LogP contribution in [0.3, 0.4) is 0 Å². The molecule has 2 aliphatic carbocycles. The van der Waals surface area contributed by atoms with Gasteiger partial charge in [0.2, 0.25) is 0 Å². The quantitative estimate of drug-likeness (QED) is 0.761. The molecule has 2 rings (SSSR count). The van der Waals surface area contributed by atoms with Gasteiger partial charge in [-0.3, -0.25) is 0 Å². The number of hydrogen-bond donors (Lipinski definition) is 1. The van der Waals surface area contributed by atoms with Crippen molar-refractivity contribution in [3.8, 4) is 0 Å². The van der Waals surface area contributed by atoms with Gasteiger partial charge < -0.3 is 5.11 Å². The van der Waals surface area contributed by atoms with Crippen molar-refractivity contribution < 1.29 is 5.11 Å². The first-order chi connectivity index (χ1) is 6.75. The lowest BCUT2D eigenvalue weighted by atomic mass is 9.91. The van der Waals surface area contributed by atoms with Crippen LogP contribution in [0.25, 0.3) is 0 Å². The molecule has 0 aromatic rings. The summed E-state index contributed by atoms with van der Waals surface area (Å²) in [6.45, 7) is 2.37. The highest BCUT2D eigenvalue weighted by atomic mass is 32.2. The summed E-state index contributed by atoms with van der Waals surface area (Å²) in [6.07, 6.45) is 9.12. The first-order valence-corrected chi connectivity index (χ1v) is 7.03. The molecule has 2 aliphatic rings. The van der Waals surface area contributed by atoms with E-state index in [1.54, 1.807) is 0 Å². The van der Waals surface area contributed by atoms with E-state index in [1.807, 2.05) is 0 Å². The molecule has 0 bridgehead atoms. The summed E-state index contributed by atoms with van der Waals surface area (Å²) < 4.78 is 0. The third kappa shape index (κ3) is 2.66. The van der Waals surface area contributed by atoms with Crippen molar-refractivity contribution in [2.75, 3.05) is 0 Å². The third-order valence-electron chi connectivity index (χ3n) is 3.67. The summed E-state index contributed by atoms with van der Waals surface area (Å²) in [4.78, 5) is 0. The van der Waals surface area contributed by atoms with Crippen molar-refractivity contribution in [1.82, 2.24) is 0 Å². The molecular weight excluding hydrogens is 192 g/mol. The van der Waals surface area contributed by atoms with E-state index in [2.05, 4.69) is 18.7 Å². The Morgan fingerprint density at radius 1 is 1.07 bits per heavy atom. The van der Waals surface area contributed by atoms with Crippen LogP contribution in [0.1, 0.15) is 51.9 Å². The lowest BCUT2D eigenvalue weighted by molar-refractivity contribution is 0.187. The van der Waals surface area contributed by atoms with E-state index in [1.165, 1.54) is 38.5 Å². The molecule has 2 fully saturated rings. The van der Waals surface area contributed by atoms with Crippen molar-refractivity contribution >= 4 is 11.8 Å². The molecule has 0 aromatic heterocycles. The van der Waals surface area contributed by atoms with Crippen molar-refractivity contribution in [3.05, 3.63) is 0 Å². The molecule has 0 aromatic carbocycles. The molecular formula is C12H22OS. The van der Waals surface area contributed by atoms with E-state index in [0.717, 1.165) is 17.6 Å². The Kier molecular flexibility index (Phi) is 3.78. The van der Waals surface area contributed by atoms with Crippen molar-refractivity contribution in [2.24, 2.45) is 5.92 Å². The maximum atomic E-state index is 9.76. The second kappa shape index (κ2) is 4.89. The van der Waals surface area contributed by atoms with Crippen LogP contribution in [0.4, 0.5) is 0 Å². The summed E-state index contributed by atoms with van der Waals surface area (Å²) in [7, 11) is 0. The smallest absolute Gasteiger partial charge is 0.0658 e. The lowest BCUT2D eigenvalue weighted by Crippen LogP contribution is -2.23. The molecule has 1 N–H and O–H groups in total. The van der Waals surface area contributed by atoms with E-state index in [4.69, 9.17) is 0 Å². The zero-order valence-electron chi connectivity index (χ0n) is 9.11. The fraction of sp³-hybridized carbons (Fsp3) is 1.00. The molecule has 1 nitrogen and oxygen atoms in total. The maximum absolute atomic E-state index is 9.76. The van der Waals surface area contributed by atoms with E-state index in [-0.39, 0.29) is 6.10 Å². The first kappa shape index (κ1) is 10.8.